The van der Waals surface area contributed by atoms with Crippen molar-refractivity contribution >= 4 is 33.2 Å². The van der Waals surface area contributed by atoms with Gasteiger partial charge in [0, 0.05) is 12.4 Å². The Balaban J connectivity index is 1.55. The Labute approximate surface area is 176 Å². The van der Waals surface area contributed by atoms with Crippen LogP contribution in [0.2, 0.25) is 0 Å². The van der Waals surface area contributed by atoms with E-state index < -0.39 is 15.6 Å². The lowest BCUT2D eigenvalue weighted by atomic mass is 10.3. The summed E-state index contributed by atoms with van der Waals surface area (Å²) >= 11 is 0. The molecular formula is C19H16N8O3S. The number of benzene rings is 2. The summed E-state index contributed by atoms with van der Waals surface area (Å²) in [5, 5.41) is 10.7. The van der Waals surface area contributed by atoms with Crippen molar-refractivity contribution in [3.8, 4) is 5.69 Å². The zero-order chi connectivity index (χ0) is 21.8. The van der Waals surface area contributed by atoms with E-state index in [0.29, 0.717) is 11.4 Å². The van der Waals surface area contributed by atoms with Crippen LogP contribution >= 0.6 is 0 Å². The summed E-state index contributed by atoms with van der Waals surface area (Å²) in [5.74, 6) is 0.0211. The Bertz CT molecular complexity index is 1380. The van der Waals surface area contributed by atoms with Crippen LogP contribution in [0.1, 0.15) is 0 Å². The van der Waals surface area contributed by atoms with Crippen molar-refractivity contribution in [2.75, 3.05) is 10.5 Å². The van der Waals surface area contributed by atoms with Crippen molar-refractivity contribution in [3.63, 3.8) is 0 Å². The molecular weight excluding hydrogens is 420 g/mol. The predicted molar refractivity (Wildman–Crippen MR) is 114 cm³/mol. The highest BCUT2D eigenvalue weighted by atomic mass is 32.2. The predicted octanol–water partition coefficient (Wildman–Crippen LogP) is 2.75. The molecule has 0 spiro atoms. The second-order valence-electron chi connectivity index (χ2n) is 6.22. The number of nitrogens with one attached hydrogen (secondary N) is 2. The number of anilines is 2. The van der Waals surface area contributed by atoms with Crippen LogP contribution in [-0.4, -0.2) is 28.2 Å². The third kappa shape index (κ3) is 4.33. The van der Waals surface area contributed by atoms with E-state index in [1.165, 1.54) is 41.3 Å². The van der Waals surface area contributed by atoms with Gasteiger partial charge in [0.2, 0.25) is 5.95 Å². The van der Waals surface area contributed by atoms with Gasteiger partial charge in [-0.25, -0.2) is 27.8 Å². The molecule has 0 saturated heterocycles. The standard InChI is InChI=1S/C19H16N8O3S/c20-17-16(18(28)27(25-17)14-5-2-1-3-6-14)24-23-13-7-9-15(10-8-13)31(29,30)26-19-21-11-4-12-22-19/h1-12,25H,20H2,(H,21,22,26). The van der Waals surface area contributed by atoms with E-state index >= 15 is 0 Å². The van der Waals surface area contributed by atoms with Crippen LogP contribution < -0.4 is 16.0 Å². The number of sulfonamides is 1. The molecule has 0 fully saturated rings. The van der Waals surface area contributed by atoms with Gasteiger partial charge in [0.25, 0.3) is 10.0 Å². The molecule has 0 atom stereocenters. The number of nitrogen functional groups attached to an aromatic ring is 1. The molecule has 0 radical (unpaired) electrons. The minimum Gasteiger partial charge on any atom is -0.382 e. The van der Waals surface area contributed by atoms with Crippen LogP contribution in [0, 0.1) is 0 Å². The minimum absolute atomic E-state index is 0.00788. The van der Waals surface area contributed by atoms with Crippen LogP contribution in [0.15, 0.2) is 93.0 Å². The maximum Gasteiger partial charge on any atom is 0.301 e. The summed E-state index contributed by atoms with van der Waals surface area (Å²) in [6.07, 6.45) is 2.85. The zero-order valence-electron chi connectivity index (χ0n) is 15.9. The Morgan fingerprint density at radius 3 is 2.29 bits per heavy atom. The molecule has 2 heterocycles. The number of aromatic nitrogens is 4. The average Bonchev–Trinajstić information content (AvgIpc) is 3.07. The van der Waals surface area contributed by atoms with Crippen molar-refractivity contribution in [1.82, 2.24) is 19.7 Å². The van der Waals surface area contributed by atoms with Gasteiger partial charge in [0.15, 0.2) is 5.69 Å². The number of hydrogen-bond acceptors (Lipinski definition) is 8. The van der Waals surface area contributed by atoms with Crippen LogP contribution in [0.4, 0.5) is 23.1 Å². The first kappa shape index (κ1) is 20.0. The first-order chi connectivity index (χ1) is 14.9. The molecule has 0 aliphatic carbocycles. The van der Waals surface area contributed by atoms with Gasteiger partial charge in [0.1, 0.15) is 5.82 Å². The lowest BCUT2D eigenvalue weighted by Gasteiger charge is -2.05. The molecule has 4 aromatic rings. The van der Waals surface area contributed by atoms with Gasteiger partial charge in [-0.3, -0.25) is 9.89 Å². The fourth-order valence-electron chi connectivity index (χ4n) is 2.63. The molecule has 0 unspecified atom stereocenters. The number of H-pyrrole nitrogens is 1. The quantitative estimate of drug-likeness (QED) is 0.394. The van der Waals surface area contributed by atoms with Gasteiger partial charge < -0.3 is 5.73 Å². The van der Waals surface area contributed by atoms with Gasteiger partial charge in [-0.1, -0.05) is 18.2 Å². The first-order valence-electron chi connectivity index (χ1n) is 8.91. The molecule has 31 heavy (non-hydrogen) atoms. The van der Waals surface area contributed by atoms with Crippen molar-refractivity contribution in [1.29, 1.82) is 0 Å². The maximum absolute atomic E-state index is 12.6. The van der Waals surface area contributed by atoms with E-state index in [9.17, 15) is 13.2 Å². The molecule has 0 bridgehead atoms. The Hall–Kier alpha value is -4.32. The van der Waals surface area contributed by atoms with Gasteiger partial charge in [0.05, 0.1) is 16.3 Å². The molecule has 12 heteroatoms. The number of rotatable bonds is 6. The van der Waals surface area contributed by atoms with Crippen LogP contribution in [0.3, 0.4) is 0 Å². The van der Waals surface area contributed by atoms with Gasteiger partial charge >= 0.3 is 5.56 Å². The summed E-state index contributed by atoms with van der Waals surface area (Å²) in [7, 11) is -3.86. The summed E-state index contributed by atoms with van der Waals surface area (Å²) in [6.45, 7) is 0. The van der Waals surface area contributed by atoms with Gasteiger partial charge in [-0.15, -0.1) is 5.11 Å². The third-order valence-corrected chi connectivity index (χ3v) is 5.46. The number of para-hydroxylation sites is 1. The van der Waals surface area contributed by atoms with Crippen molar-refractivity contribution in [3.05, 3.63) is 83.4 Å². The molecule has 156 valence electrons. The molecule has 2 aromatic carbocycles. The van der Waals surface area contributed by atoms with E-state index in [1.54, 1.807) is 30.3 Å². The van der Waals surface area contributed by atoms with Crippen molar-refractivity contribution in [2.24, 2.45) is 10.2 Å². The van der Waals surface area contributed by atoms with E-state index in [0.717, 1.165) is 0 Å². The molecule has 2 aromatic heterocycles. The molecule has 11 nitrogen and oxygen atoms in total. The van der Waals surface area contributed by atoms with E-state index in [-0.39, 0.29) is 22.3 Å². The van der Waals surface area contributed by atoms with Crippen LogP contribution in [0.5, 0.6) is 0 Å². The molecule has 0 aliphatic rings. The molecule has 0 amide bonds. The fourth-order valence-corrected chi connectivity index (χ4v) is 3.59. The summed E-state index contributed by atoms with van der Waals surface area (Å²) in [5.41, 5.74) is 6.29. The van der Waals surface area contributed by atoms with Crippen LogP contribution in [-0.2, 0) is 10.0 Å². The highest BCUT2D eigenvalue weighted by Gasteiger charge is 2.16. The summed E-state index contributed by atoms with van der Waals surface area (Å²) in [4.78, 5) is 20.2. The Morgan fingerprint density at radius 1 is 0.935 bits per heavy atom. The smallest absolute Gasteiger partial charge is 0.301 e. The summed E-state index contributed by atoms with van der Waals surface area (Å²) in [6, 6.07) is 16.0. The molecule has 4 rings (SSSR count). The zero-order valence-corrected chi connectivity index (χ0v) is 16.7. The highest BCUT2D eigenvalue weighted by molar-refractivity contribution is 7.92. The topological polar surface area (TPSA) is 160 Å². The second-order valence-corrected chi connectivity index (χ2v) is 7.90. The lowest BCUT2D eigenvalue weighted by molar-refractivity contribution is 0.601. The van der Waals surface area contributed by atoms with Crippen molar-refractivity contribution in [2.45, 2.75) is 4.90 Å². The Kier molecular flexibility index (Phi) is 5.28. The monoisotopic (exact) mass is 436 g/mol. The van der Waals surface area contributed by atoms with Crippen LogP contribution in [0.25, 0.3) is 5.69 Å². The van der Waals surface area contributed by atoms with Crippen molar-refractivity contribution < 1.29 is 8.42 Å². The van der Waals surface area contributed by atoms with Gasteiger partial charge in [-0.2, -0.15) is 5.11 Å². The van der Waals surface area contributed by atoms with E-state index in [4.69, 9.17) is 5.73 Å². The fraction of sp³-hybridized carbons (Fsp3) is 0. The van der Waals surface area contributed by atoms with Gasteiger partial charge in [-0.05, 0) is 42.5 Å². The van der Waals surface area contributed by atoms with E-state index in [1.807, 2.05) is 6.07 Å². The second kappa shape index (κ2) is 8.20. The number of nitrogens with zero attached hydrogens (tertiary/aromatic N) is 5. The van der Waals surface area contributed by atoms with E-state index in [2.05, 4.69) is 30.0 Å². The summed E-state index contributed by atoms with van der Waals surface area (Å²) < 4.78 is 28.4. The number of azo groups is 1. The molecule has 0 aliphatic heterocycles. The lowest BCUT2D eigenvalue weighted by Crippen LogP contribution is -2.14. The highest BCUT2D eigenvalue weighted by Crippen LogP contribution is 2.22. The molecule has 0 saturated carbocycles. The Morgan fingerprint density at radius 2 is 1.61 bits per heavy atom. The number of hydrogen-bond donors (Lipinski definition) is 3. The first-order valence-corrected chi connectivity index (χ1v) is 10.4. The third-order valence-electron chi connectivity index (χ3n) is 4.11. The maximum atomic E-state index is 12.6. The molecule has 4 N–H and O–H groups in total. The normalized spacial score (nSPS) is 11.6. The minimum atomic E-state index is -3.86. The number of aromatic amines is 1. The average molecular weight is 436 g/mol. The SMILES string of the molecule is Nc1[nH]n(-c2ccccc2)c(=O)c1N=Nc1ccc(S(=O)(=O)Nc2ncccn2)cc1. The number of nitrogens with two attached hydrogens (primary N) is 1. The largest absolute Gasteiger partial charge is 0.382 e.